The number of nitrogens with one attached hydrogen (secondary N) is 1. The van der Waals surface area contributed by atoms with E-state index in [0.29, 0.717) is 11.3 Å². The van der Waals surface area contributed by atoms with Crippen molar-refractivity contribution in [3.05, 3.63) is 29.7 Å². The van der Waals surface area contributed by atoms with E-state index in [1.165, 1.54) is 6.07 Å². The van der Waals surface area contributed by atoms with Crippen molar-refractivity contribution in [1.82, 2.24) is 9.38 Å². The molecule has 0 amide bonds. The molecule has 0 saturated carbocycles. The Morgan fingerprint density at radius 2 is 2.13 bits per heavy atom. The second kappa shape index (κ2) is 3.49. The van der Waals surface area contributed by atoms with Gasteiger partial charge in [-0.05, 0) is 13.0 Å². The number of pyridine rings is 1. The molecule has 2 rings (SSSR count). The average molecular weight is 211 g/mol. The summed E-state index contributed by atoms with van der Waals surface area (Å²) in [6, 6.07) is 1.41. The monoisotopic (exact) mass is 211 g/mol. The van der Waals surface area contributed by atoms with Crippen molar-refractivity contribution in [3.63, 3.8) is 0 Å². The standard InChI is InChI=1S/C10H11F2N3/c1-6-4-15-5-8(13-2)7(10(11)12)3-9(15)14-6/h3-5,10,13H,1-2H3. The summed E-state index contributed by atoms with van der Waals surface area (Å²) >= 11 is 0. The first-order valence-electron chi connectivity index (χ1n) is 4.57. The molecule has 3 nitrogen and oxygen atoms in total. The molecule has 80 valence electrons. The summed E-state index contributed by atoms with van der Waals surface area (Å²) in [6.07, 6.45) is 0.928. The number of fused-ring (bicyclic) bond motifs is 1. The molecule has 2 aromatic rings. The van der Waals surface area contributed by atoms with Gasteiger partial charge in [-0.25, -0.2) is 13.8 Å². The topological polar surface area (TPSA) is 29.3 Å². The normalized spacial score (nSPS) is 11.3. The van der Waals surface area contributed by atoms with Gasteiger partial charge in [0.05, 0.1) is 11.4 Å². The van der Waals surface area contributed by atoms with Gasteiger partial charge in [0.25, 0.3) is 6.43 Å². The molecule has 15 heavy (non-hydrogen) atoms. The number of anilines is 1. The Labute approximate surface area is 85.7 Å². The predicted octanol–water partition coefficient (Wildman–Crippen LogP) is 2.62. The summed E-state index contributed by atoms with van der Waals surface area (Å²) in [7, 11) is 1.62. The van der Waals surface area contributed by atoms with E-state index in [-0.39, 0.29) is 5.56 Å². The number of imidazole rings is 1. The van der Waals surface area contributed by atoms with Gasteiger partial charge in [0, 0.05) is 25.0 Å². The largest absolute Gasteiger partial charge is 0.387 e. The van der Waals surface area contributed by atoms with E-state index in [2.05, 4.69) is 10.3 Å². The zero-order chi connectivity index (χ0) is 11.0. The lowest BCUT2D eigenvalue weighted by atomic mass is 10.2. The molecule has 0 radical (unpaired) electrons. The average Bonchev–Trinajstić information content (AvgIpc) is 2.54. The van der Waals surface area contributed by atoms with Crippen LogP contribution >= 0.6 is 0 Å². The van der Waals surface area contributed by atoms with Gasteiger partial charge in [-0.2, -0.15) is 0 Å². The maximum absolute atomic E-state index is 12.7. The van der Waals surface area contributed by atoms with E-state index >= 15 is 0 Å². The van der Waals surface area contributed by atoms with Crippen LogP contribution in [0.2, 0.25) is 0 Å². The minimum Gasteiger partial charge on any atom is -0.387 e. The Bertz CT molecular complexity index is 491. The number of hydrogen-bond acceptors (Lipinski definition) is 2. The van der Waals surface area contributed by atoms with Crippen LogP contribution in [0.15, 0.2) is 18.5 Å². The van der Waals surface area contributed by atoms with Crippen LogP contribution in [0.25, 0.3) is 5.65 Å². The number of rotatable bonds is 2. The van der Waals surface area contributed by atoms with E-state index in [1.54, 1.807) is 23.8 Å². The number of alkyl halides is 2. The van der Waals surface area contributed by atoms with Gasteiger partial charge in [-0.3, -0.25) is 0 Å². The third-order valence-corrected chi connectivity index (χ3v) is 2.25. The van der Waals surface area contributed by atoms with Crippen LogP contribution in [-0.4, -0.2) is 16.4 Å². The Balaban J connectivity index is 2.68. The van der Waals surface area contributed by atoms with Crippen molar-refractivity contribution < 1.29 is 8.78 Å². The van der Waals surface area contributed by atoms with Crippen LogP contribution in [0, 0.1) is 6.92 Å². The molecule has 0 unspecified atom stereocenters. The smallest absolute Gasteiger partial charge is 0.266 e. The molecule has 0 aliphatic rings. The Morgan fingerprint density at radius 1 is 1.40 bits per heavy atom. The predicted molar refractivity (Wildman–Crippen MR) is 54.4 cm³/mol. The van der Waals surface area contributed by atoms with Crippen molar-refractivity contribution in [2.24, 2.45) is 0 Å². The summed E-state index contributed by atoms with van der Waals surface area (Å²) in [4.78, 5) is 4.13. The second-order valence-electron chi connectivity index (χ2n) is 3.34. The quantitative estimate of drug-likeness (QED) is 0.827. The fourth-order valence-corrected chi connectivity index (χ4v) is 1.56. The molecule has 2 heterocycles. The van der Waals surface area contributed by atoms with Gasteiger partial charge in [-0.15, -0.1) is 0 Å². The molecule has 2 aromatic heterocycles. The second-order valence-corrected chi connectivity index (χ2v) is 3.34. The Kier molecular flexibility index (Phi) is 2.30. The first-order valence-corrected chi connectivity index (χ1v) is 4.57. The van der Waals surface area contributed by atoms with Gasteiger partial charge in [0.2, 0.25) is 0 Å². The molecule has 0 spiro atoms. The van der Waals surface area contributed by atoms with Crippen molar-refractivity contribution in [3.8, 4) is 0 Å². The van der Waals surface area contributed by atoms with Crippen molar-refractivity contribution in [2.75, 3.05) is 12.4 Å². The van der Waals surface area contributed by atoms with Crippen molar-refractivity contribution in [2.45, 2.75) is 13.3 Å². The zero-order valence-electron chi connectivity index (χ0n) is 8.46. The third kappa shape index (κ3) is 1.65. The molecule has 0 aromatic carbocycles. The van der Waals surface area contributed by atoms with Crippen molar-refractivity contribution >= 4 is 11.3 Å². The van der Waals surface area contributed by atoms with Crippen molar-refractivity contribution in [1.29, 1.82) is 0 Å². The third-order valence-electron chi connectivity index (χ3n) is 2.25. The highest BCUT2D eigenvalue weighted by Gasteiger charge is 2.14. The minimum atomic E-state index is -2.49. The first kappa shape index (κ1) is 9.89. The highest BCUT2D eigenvalue weighted by Crippen LogP contribution is 2.27. The molecular weight excluding hydrogens is 200 g/mol. The molecule has 0 atom stereocenters. The molecule has 0 saturated heterocycles. The summed E-state index contributed by atoms with van der Waals surface area (Å²) < 4.78 is 27.1. The van der Waals surface area contributed by atoms with E-state index in [9.17, 15) is 8.78 Å². The number of hydrogen-bond donors (Lipinski definition) is 1. The lowest BCUT2D eigenvalue weighted by Crippen LogP contribution is -1.98. The summed E-state index contributed by atoms with van der Waals surface area (Å²) in [6.45, 7) is 1.83. The lowest BCUT2D eigenvalue weighted by molar-refractivity contribution is 0.152. The number of nitrogens with zero attached hydrogens (tertiary/aromatic N) is 2. The fraction of sp³-hybridized carbons (Fsp3) is 0.300. The molecule has 5 heteroatoms. The van der Waals surface area contributed by atoms with Crippen LogP contribution in [0.5, 0.6) is 0 Å². The molecule has 1 N–H and O–H groups in total. The van der Waals surface area contributed by atoms with Crippen LogP contribution in [-0.2, 0) is 0 Å². The molecule has 0 aliphatic carbocycles. The summed E-state index contributed by atoms with van der Waals surface area (Å²) in [5.41, 5.74) is 1.76. The fourth-order valence-electron chi connectivity index (χ4n) is 1.56. The molecule has 0 fully saturated rings. The highest BCUT2D eigenvalue weighted by atomic mass is 19.3. The molecule has 0 aliphatic heterocycles. The van der Waals surface area contributed by atoms with Crippen LogP contribution in [0.3, 0.4) is 0 Å². The van der Waals surface area contributed by atoms with Gasteiger partial charge in [-0.1, -0.05) is 0 Å². The van der Waals surface area contributed by atoms with E-state index in [0.717, 1.165) is 5.69 Å². The number of aryl methyl sites for hydroxylation is 1. The first-order chi connectivity index (χ1) is 7.11. The maximum Gasteiger partial charge on any atom is 0.266 e. The van der Waals surface area contributed by atoms with Gasteiger partial charge >= 0.3 is 0 Å². The van der Waals surface area contributed by atoms with Gasteiger partial charge in [0.15, 0.2) is 0 Å². The molecule has 0 bridgehead atoms. The van der Waals surface area contributed by atoms with Crippen LogP contribution in [0.1, 0.15) is 17.7 Å². The minimum absolute atomic E-state index is 0.0180. The maximum atomic E-state index is 12.7. The highest BCUT2D eigenvalue weighted by molar-refractivity contribution is 5.57. The van der Waals surface area contributed by atoms with E-state index in [4.69, 9.17) is 0 Å². The lowest BCUT2D eigenvalue weighted by Gasteiger charge is -2.08. The number of halogens is 2. The van der Waals surface area contributed by atoms with Gasteiger partial charge < -0.3 is 9.72 Å². The Hall–Kier alpha value is -1.65. The SMILES string of the molecule is CNc1cn2cc(C)nc2cc1C(F)F. The summed E-state index contributed by atoms with van der Waals surface area (Å²) in [5.74, 6) is 0. The summed E-state index contributed by atoms with van der Waals surface area (Å²) in [5, 5.41) is 2.75. The van der Waals surface area contributed by atoms with Gasteiger partial charge in [0.1, 0.15) is 5.65 Å². The zero-order valence-corrected chi connectivity index (χ0v) is 8.46. The molecular formula is C10H11F2N3. The number of aromatic nitrogens is 2. The van der Waals surface area contributed by atoms with E-state index in [1.807, 2.05) is 6.92 Å². The van der Waals surface area contributed by atoms with Crippen LogP contribution in [0.4, 0.5) is 14.5 Å². The van der Waals surface area contributed by atoms with Crippen LogP contribution < -0.4 is 5.32 Å². The van der Waals surface area contributed by atoms with E-state index < -0.39 is 6.43 Å². The Morgan fingerprint density at radius 3 is 2.73 bits per heavy atom.